The second-order valence-corrected chi connectivity index (χ2v) is 6.42. The molecular weight excluding hydrogens is 246 g/mol. The van der Waals surface area contributed by atoms with Crippen LogP contribution >= 0.6 is 11.3 Å². The smallest absolute Gasteiger partial charge is 0.127 e. The standard InChI is InChI=1S/C14H19NO2S/c16-11-14(3-6-17-7-4-14)10-15-5-1-13-12(9-15)2-8-18-13/h2,8,11H,1,3-7,9-10H2. The van der Waals surface area contributed by atoms with Crippen molar-refractivity contribution < 1.29 is 9.53 Å². The number of nitrogens with zero attached hydrogens (tertiary/aromatic N) is 1. The zero-order valence-electron chi connectivity index (χ0n) is 10.6. The van der Waals surface area contributed by atoms with Gasteiger partial charge in [0.25, 0.3) is 0 Å². The van der Waals surface area contributed by atoms with Gasteiger partial charge in [-0.15, -0.1) is 11.3 Å². The number of ether oxygens (including phenoxy) is 1. The number of thiophene rings is 1. The number of hydrogen-bond acceptors (Lipinski definition) is 4. The van der Waals surface area contributed by atoms with E-state index in [1.165, 1.54) is 16.7 Å². The number of hydrogen-bond donors (Lipinski definition) is 0. The molecule has 3 heterocycles. The third kappa shape index (κ3) is 2.37. The van der Waals surface area contributed by atoms with Crippen molar-refractivity contribution in [3.63, 3.8) is 0 Å². The van der Waals surface area contributed by atoms with Gasteiger partial charge >= 0.3 is 0 Å². The lowest BCUT2D eigenvalue weighted by atomic mass is 9.81. The summed E-state index contributed by atoms with van der Waals surface area (Å²) in [5.41, 5.74) is 1.30. The van der Waals surface area contributed by atoms with Crippen molar-refractivity contribution >= 4 is 17.6 Å². The Morgan fingerprint density at radius 1 is 1.44 bits per heavy atom. The molecule has 3 nitrogen and oxygen atoms in total. The minimum absolute atomic E-state index is 0.161. The first-order valence-electron chi connectivity index (χ1n) is 6.63. The molecule has 3 rings (SSSR count). The van der Waals surface area contributed by atoms with Gasteiger partial charge in [0.05, 0.1) is 0 Å². The van der Waals surface area contributed by atoms with Gasteiger partial charge in [0.1, 0.15) is 6.29 Å². The average molecular weight is 265 g/mol. The zero-order valence-corrected chi connectivity index (χ0v) is 11.4. The molecule has 98 valence electrons. The molecule has 0 atom stereocenters. The summed E-state index contributed by atoms with van der Waals surface area (Å²) in [6.45, 7) is 4.46. The Morgan fingerprint density at radius 3 is 3.06 bits per heavy atom. The van der Waals surface area contributed by atoms with E-state index in [1.807, 2.05) is 11.3 Å². The van der Waals surface area contributed by atoms with Crippen molar-refractivity contribution in [2.75, 3.05) is 26.3 Å². The van der Waals surface area contributed by atoms with E-state index in [0.29, 0.717) is 0 Å². The second-order valence-electron chi connectivity index (χ2n) is 5.42. The first-order chi connectivity index (χ1) is 8.81. The minimum atomic E-state index is -0.161. The largest absolute Gasteiger partial charge is 0.381 e. The maximum atomic E-state index is 11.5. The first-order valence-corrected chi connectivity index (χ1v) is 7.51. The minimum Gasteiger partial charge on any atom is -0.381 e. The SMILES string of the molecule is O=CC1(CN2CCc3sccc3C2)CCOCC1. The summed E-state index contributed by atoms with van der Waals surface area (Å²) < 4.78 is 5.38. The molecular formula is C14H19NO2S. The third-order valence-corrected chi connectivity index (χ3v) is 5.19. The molecule has 1 fully saturated rings. The van der Waals surface area contributed by atoms with Crippen molar-refractivity contribution in [2.45, 2.75) is 25.8 Å². The van der Waals surface area contributed by atoms with E-state index >= 15 is 0 Å². The molecule has 0 saturated carbocycles. The number of fused-ring (bicyclic) bond motifs is 1. The maximum Gasteiger partial charge on any atom is 0.127 e. The van der Waals surface area contributed by atoms with Gasteiger partial charge in [-0.25, -0.2) is 0 Å². The predicted octanol–water partition coefficient (Wildman–Crippen LogP) is 2.10. The summed E-state index contributed by atoms with van der Waals surface area (Å²) in [5, 5.41) is 2.18. The van der Waals surface area contributed by atoms with Gasteiger partial charge in [-0.2, -0.15) is 0 Å². The lowest BCUT2D eigenvalue weighted by Crippen LogP contribution is -2.44. The number of carbonyl (C=O) groups excluding carboxylic acids is 1. The topological polar surface area (TPSA) is 29.5 Å². The molecule has 0 aromatic carbocycles. The van der Waals surface area contributed by atoms with E-state index < -0.39 is 0 Å². The third-order valence-electron chi connectivity index (χ3n) is 4.16. The maximum absolute atomic E-state index is 11.5. The van der Waals surface area contributed by atoms with Gasteiger partial charge in [-0.05, 0) is 36.3 Å². The van der Waals surface area contributed by atoms with Crippen molar-refractivity contribution in [2.24, 2.45) is 5.41 Å². The molecule has 0 amide bonds. The fourth-order valence-electron chi connectivity index (χ4n) is 2.98. The Kier molecular flexibility index (Phi) is 3.50. The predicted molar refractivity (Wildman–Crippen MR) is 71.9 cm³/mol. The monoisotopic (exact) mass is 265 g/mol. The Bertz CT molecular complexity index is 423. The van der Waals surface area contributed by atoms with E-state index in [-0.39, 0.29) is 5.41 Å². The number of aldehydes is 1. The fraction of sp³-hybridized carbons (Fsp3) is 0.643. The van der Waals surface area contributed by atoms with Crippen LogP contribution in [0.4, 0.5) is 0 Å². The molecule has 1 aromatic rings. The van der Waals surface area contributed by atoms with Gasteiger partial charge < -0.3 is 9.53 Å². The fourth-order valence-corrected chi connectivity index (χ4v) is 3.87. The van der Waals surface area contributed by atoms with Gasteiger partial charge in [-0.1, -0.05) is 0 Å². The number of rotatable bonds is 3. The highest BCUT2D eigenvalue weighted by atomic mass is 32.1. The summed E-state index contributed by atoms with van der Waals surface area (Å²) in [4.78, 5) is 15.4. The van der Waals surface area contributed by atoms with E-state index in [1.54, 1.807) is 0 Å². The van der Waals surface area contributed by atoms with Gasteiger partial charge in [0.15, 0.2) is 0 Å². The quantitative estimate of drug-likeness (QED) is 0.784. The van der Waals surface area contributed by atoms with Crippen LogP contribution in [0.25, 0.3) is 0 Å². The van der Waals surface area contributed by atoms with Crippen molar-refractivity contribution in [1.82, 2.24) is 4.90 Å². The van der Waals surface area contributed by atoms with Crippen LogP contribution in [0.1, 0.15) is 23.3 Å². The molecule has 0 N–H and O–H groups in total. The van der Waals surface area contributed by atoms with Crippen LogP contribution in [0.15, 0.2) is 11.4 Å². The van der Waals surface area contributed by atoms with Crippen molar-refractivity contribution in [1.29, 1.82) is 0 Å². The summed E-state index contributed by atoms with van der Waals surface area (Å²) >= 11 is 1.86. The van der Waals surface area contributed by atoms with Gasteiger partial charge in [0.2, 0.25) is 0 Å². The van der Waals surface area contributed by atoms with Gasteiger partial charge in [0, 0.05) is 43.1 Å². The van der Waals surface area contributed by atoms with Crippen LogP contribution < -0.4 is 0 Å². The van der Waals surface area contributed by atoms with E-state index in [0.717, 1.165) is 52.1 Å². The molecule has 1 saturated heterocycles. The van der Waals surface area contributed by atoms with Crippen LogP contribution in [0.3, 0.4) is 0 Å². The summed E-state index contributed by atoms with van der Waals surface area (Å²) in [7, 11) is 0. The first kappa shape index (κ1) is 12.3. The molecule has 4 heteroatoms. The number of carbonyl (C=O) groups is 1. The Hall–Kier alpha value is -0.710. The molecule has 2 aliphatic rings. The molecule has 0 spiro atoms. The molecule has 0 aliphatic carbocycles. The Balaban J connectivity index is 1.68. The van der Waals surface area contributed by atoms with Crippen molar-refractivity contribution in [3.05, 3.63) is 21.9 Å². The molecule has 0 bridgehead atoms. The summed E-state index contributed by atoms with van der Waals surface area (Å²) in [5.74, 6) is 0. The Morgan fingerprint density at radius 2 is 2.28 bits per heavy atom. The molecule has 2 aliphatic heterocycles. The van der Waals surface area contributed by atoms with Crippen molar-refractivity contribution in [3.8, 4) is 0 Å². The lowest BCUT2D eigenvalue weighted by Gasteiger charge is -2.38. The summed E-state index contributed by atoms with van der Waals surface area (Å²) in [6.07, 6.45) is 4.07. The molecule has 0 radical (unpaired) electrons. The normalized spacial score (nSPS) is 23.6. The lowest BCUT2D eigenvalue weighted by molar-refractivity contribution is -0.123. The van der Waals surface area contributed by atoms with Crippen LogP contribution in [0.2, 0.25) is 0 Å². The zero-order chi connectivity index (χ0) is 12.4. The molecule has 1 aromatic heterocycles. The average Bonchev–Trinajstić information content (AvgIpc) is 2.87. The van der Waals surface area contributed by atoms with E-state index in [9.17, 15) is 4.79 Å². The van der Waals surface area contributed by atoms with E-state index in [4.69, 9.17) is 4.74 Å². The summed E-state index contributed by atoms with van der Waals surface area (Å²) in [6, 6.07) is 2.23. The van der Waals surface area contributed by atoms with E-state index in [2.05, 4.69) is 16.3 Å². The molecule has 0 unspecified atom stereocenters. The molecule has 18 heavy (non-hydrogen) atoms. The van der Waals surface area contributed by atoms with Crippen LogP contribution in [-0.2, 0) is 22.5 Å². The van der Waals surface area contributed by atoms with Crippen LogP contribution in [0, 0.1) is 5.41 Å². The Labute approximate surface area is 112 Å². The van der Waals surface area contributed by atoms with Crippen LogP contribution in [0.5, 0.6) is 0 Å². The highest BCUT2D eigenvalue weighted by molar-refractivity contribution is 7.10. The highest BCUT2D eigenvalue weighted by Gasteiger charge is 2.35. The van der Waals surface area contributed by atoms with Crippen LogP contribution in [-0.4, -0.2) is 37.5 Å². The second kappa shape index (κ2) is 5.11. The highest BCUT2D eigenvalue weighted by Crippen LogP contribution is 2.32. The van der Waals surface area contributed by atoms with Gasteiger partial charge in [-0.3, -0.25) is 4.90 Å².